The number of thiophene rings is 1. The first-order valence-corrected chi connectivity index (χ1v) is 18.5. The quantitative estimate of drug-likeness (QED) is 0.0882. The van der Waals surface area contributed by atoms with Crippen LogP contribution in [0.1, 0.15) is 57.5 Å². The summed E-state index contributed by atoms with van der Waals surface area (Å²) in [6.45, 7) is 12.7. The second kappa shape index (κ2) is 19.3. The van der Waals surface area contributed by atoms with Gasteiger partial charge in [0.1, 0.15) is 17.4 Å². The number of likely N-dealkylation sites (N-methyl/N-ethyl adjacent to an activating group) is 1. The molecular weight excluding hydrogens is 681 g/mol. The van der Waals surface area contributed by atoms with E-state index in [4.69, 9.17) is 14.2 Å². The molecule has 0 fully saturated rings. The minimum Gasteiger partial charge on any atom is -0.488 e. The Morgan fingerprint density at radius 2 is 1.65 bits per heavy atom. The summed E-state index contributed by atoms with van der Waals surface area (Å²) in [4.78, 5) is 48.3. The number of urea groups is 1. The lowest BCUT2D eigenvalue weighted by atomic mass is 10.0. The van der Waals surface area contributed by atoms with Gasteiger partial charge in [0, 0.05) is 49.7 Å². The number of carbonyl (C=O) groups is 3. The van der Waals surface area contributed by atoms with Crippen molar-refractivity contribution in [3.05, 3.63) is 94.3 Å². The number of aromatic nitrogens is 1. The number of nitrogens with one attached hydrogen (secondary N) is 3. The molecule has 2 aromatic carbocycles. The predicted molar refractivity (Wildman–Crippen MR) is 204 cm³/mol. The van der Waals surface area contributed by atoms with E-state index in [0.717, 1.165) is 26.9 Å². The van der Waals surface area contributed by atoms with Gasteiger partial charge in [0.25, 0.3) is 0 Å². The van der Waals surface area contributed by atoms with Crippen LogP contribution < -0.4 is 20.8 Å². The van der Waals surface area contributed by atoms with Gasteiger partial charge < -0.3 is 29.7 Å². The number of pyridine rings is 1. The monoisotopic (exact) mass is 732 g/mol. The fourth-order valence-electron chi connectivity index (χ4n) is 5.67. The highest BCUT2D eigenvalue weighted by Crippen LogP contribution is 2.23. The van der Waals surface area contributed by atoms with E-state index in [1.165, 1.54) is 16.3 Å². The molecule has 2 aromatic heterocycles. The topological polar surface area (TPSA) is 134 Å². The maximum absolute atomic E-state index is 14.9. The first kappa shape index (κ1) is 40.2. The summed E-state index contributed by atoms with van der Waals surface area (Å²) in [6, 6.07) is 19.1. The molecule has 3 N–H and O–H groups in total. The third kappa shape index (κ3) is 12.3. The fourth-order valence-corrected chi connectivity index (χ4v) is 6.32. The summed E-state index contributed by atoms with van der Waals surface area (Å²) in [6.07, 6.45) is 1.22. The van der Waals surface area contributed by atoms with E-state index in [1.54, 1.807) is 18.1 Å². The Labute approximate surface area is 310 Å². The Hall–Kier alpha value is -4.56. The largest absolute Gasteiger partial charge is 0.488 e. The van der Waals surface area contributed by atoms with E-state index in [0.29, 0.717) is 25.5 Å². The molecular formula is C39H52N6O6S. The van der Waals surface area contributed by atoms with E-state index in [2.05, 4.69) is 21.0 Å². The van der Waals surface area contributed by atoms with Crippen LogP contribution in [0.2, 0.25) is 0 Å². The molecule has 0 saturated carbocycles. The number of rotatable bonds is 18. The molecule has 4 rings (SSSR count). The summed E-state index contributed by atoms with van der Waals surface area (Å²) in [5.74, 6) is -0.0709. The average Bonchev–Trinajstić information content (AvgIpc) is 3.63. The van der Waals surface area contributed by atoms with E-state index < -0.39 is 30.3 Å². The van der Waals surface area contributed by atoms with Gasteiger partial charge in [-0.1, -0.05) is 42.5 Å². The maximum atomic E-state index is 14.9. The van der Waals surface area contributed by atoms with Gasteiger partial charge in [-0.25, -0.2) is 9.80 Å². The number of nitrogens with zero attached hydrogens (tertiary/aromatic N) is 3. The molecule has 0 unspecified atom stereocenters. The number of carbonyl (C=O) groups excluding carboxylic acids is 3. The number of hydrogen-bond donors (Lipinski definition) is 3. The Morgan fingerprint density at radius 1 is 0.942 bits per heavy atom. The number of ether oxygens (including phenoxy) is 3. The van der Waals surface area contributed by atoms with Crippen molar-refractivity contribution < 1.29 is 28.6 Å². The van der Waals surface area contributed by atoms with E-state index in [1.807, 2.05) is 114 Å². The number of para-hydroxylation sites is 1. The third-order valence-electron chi connectivity index (χ3n) is 7.98. The number of amides is 4. The van der Waals surface area contributed by atoms with E-state index in [-0.39, 0.29) is 31.0 Å². The van der Waals surface area contributed by atoms with Gasteiger partial charge >= 0.3 is 6.03 Å². The number of fused-ring (bicyclic) bond motifs is 1. The van der Waals surface area contributed by atoms with Crippen molar-refractivity contribution in [2.75, 3.05) is 26.8 Å². The molecule has 280 valence electrons. The zero-order valence-corrected chi connectivity index (χ0v) is 32.0. The average molecular weight is 733 g/mol. The highest BCUT2D eigenvalue weighted by atomic mass is 32.1. The zero-order valence-electron chi connectivity index (χ0n) is 31.2. The number of benzene rings is 2. The molecule has 4 aromatic rings. The van der Waals surface area contributed by atoms with Crippen molar-refractivity contribution in [3.63, 3.8) is 0 Å². The van der Waals surface area contributed by atoms with Gasteiger partial charge in [0.05, 0.1) is 24.6 Å². The van der Waals surface area contributed by atoms with Crippen LogP contribution >= 0.6 is 11.3 Å². The van der Waals surface area contributed by atoms with Crippen molar-refractivity contribution in [3.8, 4) is 5.75 Å². The molecule has 0 aliphatic heterocycles. The molecule has 52 heavy (non-hydrogen) atoms. The molecule has 2 heterocycles. The fraction of sp³-hybridized carbons (Fsp3) is 0.436. The summed E-state index contributed by atoms with van der Waals surface area (Å²) in [5, 5.41) is 10.0. The molecule has 0 radical (unpaired) electrons. The molecule has 0 aliphatic rings. The van der Waals surface area contributed by atoms with Crippen LogP contribution in [0.3, 0.4) is 0 Å². The van der Waals surface area contributed by atoms with Crippen LogP contribution in [-0.2, 0) is 38.6 Å². The molecule has 4 amide bonds. The van der Waals surface area contributed by atoms with Gasteiger partial charge in [-0.2, -0.15) is 0 Å². The first-order valence-electron chi connectivity index (χ1n) is 17.6. The minimum absolute atomic E-state index is 0.196. The number of hydrazine groups is 1. The van der Waals surface area contributed by atoms with Crippen LogP contribution in [0.4, 0.5) is 4.79 Å². The molecule has 0 saturated heterocycles. The lowest BCUT2D eigenvalue weighted by molar-refractivity contribution is -0.179. The lowest BCUT2D eigenvalue weighted by Crippen LogP contribution is -2.56. The van der Waals surface area contributed by atoms with Crippen molar-refractivity contribution in [2.45, 2.75) is 85.0 Å². The van der Waals surface area contributed by atoms with Crippen molar-refractivity contribution in [2.24, 2.45) is 0 Å². The first-order chi connectivity index (χ1) is 24.9. The second-order valence-electron chi connectivity index (χ2n) is 13.4. The Morgan fingerprint density at radius 3 is 2.31 bits per heavy atom. The van der Waals surface area contributed by atoms with Gasteiger partial charge in [-0.05, 0) is 82.3 Å². The molecule has 0 aliphatic carbocycles. The summed E-state index contributed by atoms with van der Waals surface area (Å²) < 4.78 is 18.0. The van der Waals surface area contributed by atoms with Gasteiger partial charge in [-0.3, -0.25) is 20.0 Å². The normalized spacial score (nSPS) is 12.8. The summed E-state index contributed by atoms with van der Waals surface area (Å²) in [7, 11) is 1.59. The minimum atomic E-state index is -0.975. The molecule has 0 spiro atoms. The van der Waals surface area contributed by atoms with Gasteiger partial charge in [0.2, 0.25) is 11.8 Å². The Kier molecular flexibility index (Phi) is 14.9. The second-order valence-corrected chi connectivity index (χ2v) is 14.4. The van der Waals surface area contributed by atoms with Crippen molar-refractivity contribution in [1.82, 2.24) is 31.0 Å². The number of hydrogen-bond acceptors (Lipinski definition) is 9. The molecule has 13 heteroatoms. The maximum Gasteiger partial charge on any atom is 0.329 e. The third-order valence-corrected chi connectivity index (χ3v) is 8.86. The van der Waals surface area contributed by atoms with Gasteiger partial charge in [0.15, 0.2) is 6.29 Å². The smallest absolute Gasteiger partial charge is 0.329 e. The van der Waals surface area contributed by atoms with Crippen LogP contribution in [0.25, 0.3) is 10.9 Å². The van der Waals surface area contributed by atoms with Crippen molar-refractivity contribution in [1.29, 1.82) is 0 Å². The van der Waals surface area contributed by atoms with Crippen LogP contribution in [0.5, 0.6) is 5.75 Å². The summed E-state index contributed by atoms with van der Waals surface area (Å²) in [5.41, 5.74) is 4.73. The van der Waals surface area contributed by atoms with Crippen molar-refractivity contribution >= 4 is 40.1 Å². The highest BCUT2D eigenvalue weighted by Gasteiger charge is 2.34. The Balaban J connectivity index is 1.61. The lowest BCUT2D eigenvalue weighted by Gasteiger charge is -2.37. The van der Waals surface area contributed by atoms with E-state index in [9.17, 15) is 14.4 Å². The zero-order chi connectivity index (χ0) is 37.7. The van der Waals surface area contributed by atoms with Crippen LogP contribution in [0.15, 0.2) is 78.3 Å². The molecule has 2 atom stereocenters. The SMILES string of the molecule is CCOC(OCC)[C@H](C)N(Cc1cccc2cccnc12)C(=O)[C@H](Cc1ccc(OC(C)(C)C)cc1)NC(=O)CN(C)NC(=O)NCc1cccs1. The standard InChI is InChI=1S/C39H52N6O6S/c1-8-49-37(50-9-2)27(3)45(25-30-14-10-13-29-15-11-21-40-35(29)30)36(47)33(23-28-17-19-31(20-18-28)51-39(4,5)6)42-34(46)26-44(7)43-38(48)41-24-32-16-12-22-52-32/h10-22,27,33,37H,8-9,23-26H2,1-7H3,(H,42,46)(H2,41,43,48)/t27-,33-/m0/s1. The molecule has 12 nitrogen and oxygen atoms in total. The summed E-state index contributed by atoms with van der Waals surface area (Å²) >= 11 is 1.54. The Bertz CT molecular complexity index is 1720. The van der Waals surface area contributed by atoms with Crippen LogP contribution in [0, 0.1) is 0 Å². The van der Waals surface area contributed by atoms with Crippen LogP contribution in [-0.4, -0.2) is 83.5 Å². The molecule has 0 bridgehead atoms. The highest BCUT2D eigenvalue weighted by molar-refractivity contribution is 7.09. The van der Waals surface area contributed by atoms with Gasteiger partial charge in [-0.15, -0.1) is 11.3 Å². The predicted octanol–water partition coefficient (Wildman–Crippen LogP) is 5.66. The van der Waals surface area contributed by atoms with E-state index >= 15 is 0 Å².